The van der Waals surface area contributed by atoms with E-state index < -0.39 is 0 Å². The third-order valence-corrected chi connectivity index (χ3v) is 3.39. The first kappa shape index (κ1) is 11.0. The van der Waals surface area contributed by atoms with Gasteiger partial charge in [0.15, 0.2) is 0 Å². The second-order valence-electron chi connectivity index (χ2n) is 5.33. The second kappa shape index (κ2) is 4.45. The summed E-state index contributed by atoms with van der Waals surface area (Å²) in [4.78, 5) is 0. The molecule has 0 aromatic heterocycles. The standard InChI is InChI=1S/C12H24O/c1-5-11(12(2,3)4)10-6-8-13-9-7-10/h10-11H,5-9H2,1-4H3. The van der Waals surface area contributed by atoms with E-state index in [-0.39, 0.29) is 0 Å². The van der Waals surface area contributed by atoms with Crippen LogP contribution in [0.15, 0.2) is 0 Å². The van der Waals surface area contributed by atoms with Gasteiger partial charge in [-0.2, -0.15) is 0 Å². The molecule has 1 atom stereocenters. The Morgan fingerprint density at radius 3 is 2.15 bits per heavy atom. The number of rotatable bonds is 2. The Labute approximate surface area is 82.9 Å². The average molecular weight is 184 g/mol. The van der Waals surface area contributed by atoms with Crippen molar-refractivity contribution in [3.05, 3.63) is 0 Å². The fourth-order valence-corrected chi connectivity index (χ4v) is 2.77. The van der Waals surface area contributed by atoms with Crippen LogP contribution < -0.4 is 0 Å². The molecule has 0 spiro atoms. The molecule has 1 aliphatic rings. The van der Waals surface area contributed by atoms with E-state index in [0.29, 0.717) is 5.41 Å². The topological polar surface area (TPSA) is 9.23 Å². The first-order valence-corrected chi connectivity index (χ1v) is 5.63. The van der Waals surface area contributed by atoms with E-state index in [4.69, 9.17) is 4.74 Å². The van der Waals surface area contributed by atoms with Crippen molar-refractivity contribution >= 4 is 0 Å². The van der Waals surface area contributed by atoms with Gasteiger partial charge in [0.25, 0.3) is 0 Å². The summed E-state index contributed by atoms with van der Waals surface area (Å²) in [6.45, 7) is 11.4. The summed E-state index contributed by atoms with van der Waals surface area (Å²) in [5.74, 6) is 1.77. The molecule has 78 valence electrons. The quantitative estimate of drug-likeness (QED) is 0.638. The highest BCUT2D eigenvalue weighted by molar-refractivity contribution is 4.80. The molecule has 13 heavy (non-hydrogen) atoms. The lowest BCUT2D eigenvalue weighted by Gasteiger charge is -2.38. The molecule has 0 bridgehead atoms. The molecule has 0 aromatic rings. The molecule has 0 radical (unpaired) electrons. The van der Waals surface area contributed by atoms with Crippen molar-refractivity contribution in [2.75, 3.05) is 13.2 Å². The highest BCUT2D eigenvalue weighted by Crippen LogP contribution is 2.38. The van der Waals surface area contributed by atoms with Gasteiger partial charge in [-0.25, -0.2) is 0 Å². The Balaban J connectivity index is 2.54. The van der Waals surface area contributed by atoms with Crippen molar-refractivity contribution in [3.63, 3.8) is 0 Å². The first-order valence-electron chi connectivity index (χ1n) is 5.63. The molecule has 0 amide bonds. The molecule has 1 heteroatoms. The summed E-state index contributed by atoms with van der Waals surface area (Å²) < 4.78 is 5.41. The molecule has 0 aliphatic carbocycles. The molecule has 0 saturated carbocycles. The monoisotopic (exact) mass is 184 g/mol. The van der Waals surface area contributed by atoms with Gasteiger partial charge in [0, 0.05) is 13.2 Å². The lowest BCUT2D eigenvalue weighted by atomic mass is 9.69. The van der Waals surface area contributed by atoms with Gasteiger partial charge >= 0.3 is 0 Å². The van der Waals surface area contributed by atoms with E-state index in [1.54, 1.807) is 0 Å². The summed E-state index contributed by atoms with van der Waals surface area (Å²) in [6, 6.07) is 0. The van der Waals surface area contributed by atoms with Crippen LogP contribution in [-0.4, -0.2) is 13.2 Å². The highest BCUT2D eigenvalue weighted by Gasteiger charge is 2.31. The van der Waals surface area contributed by atoms with Gasteiger partial charge in [-0.15, -0.1) is 0 Å². The van der Waals surface area contributed by atoms with Crippen LogP contribution in [0.1, 0.15) is 47.0 Å². The third kappa shape index (κ3) is 2.98. The van der Waals surface area contributed by atoms with Crippen LogP contribution in [0.5, 0.6) is 0 Å². The minimum atomic E-state index is 0.469. The van der Waals surface area contributed by atoms with Crippen molar-refractivity contribution in [1.82, 2.24) is 0 Å². The Bertz CT molecular complexity index is 140. The molecule has 1 nitrogen and oxygen atoms in total. The molecule has 0 N–H and O–H groups in total. The van der Waals surface area contributed by atoms with Gasteiger partial charge in [0.1, 0.15) is 0 Å². The van der Waals surface area contributed by atoms with E-state index in [0.717, 1.165) is 25.0 Å². The van der Waals surface area contributed by atoms with Crippen molar-refractivity contribution in [2.45, 2.75) is 47.0 Å². The first-order chi connectivity index (χ1) is 6.05. The Morgan fingerprint density at radius 2 is 1.77 bits per heavy atom. The molecule has 1 rings (SSSR count). The van der Waals surface area contributed by atoms with Crippen LogP contribution in [0.2, 0.25) is 0 Å². The number of hydrogen-bond donors (Lipinski definition) is 0. The van der Waals surface area contributed by atoms with E-state index in [9.17, 15) is 0 Å². The van der Waals surface area contributed by atoms with Crippen molar-refractivity contribution in [1.29, 1.82) is 0 Å². The van der Waals surface area contributed by atoms with Gasteiger partial charge in [0.2, 0.25) is 0 Å². The minimum Gasteiger partial charge on any atom is -0.381 e. The van der Waals surface area contributed by atoms with E-state index in [1.165, 1.54) is 19.3 Å². The summed E-state index contributed by atoms with van der Waals surface area (Å²) in [6.07, 6.45) is 3.86. The molecular weight excluding hydrogens is 160 g/mol. The van der Waals surface area contributed by atoms with Crippen molar-refractivity contribution < 1.29 is 4.74 Å². The van der Waals surface area contributed by atoms with Gasteiger partial charge in [-0.05, 0) is 30.1 Å². The van der Waals surface area contributed by atoms with Crippen LogP contribution in [0.3, 0.4) is 0 Å². The normalized spacial score (nSPS) is 23.1. The number of hydrogen-bond acceptors (Lipinski definition) is 1. The molecule has 1 aliphatic heterocycles. The molecular formula is C12H24O. The van der Waals surface area contributed by atoms with E-state index in [1.807, 2.05) is 0 Å². The molecule has 1 unspecified atom stereocenters. The van der Waals surface area contributed by atoms with Crippen LogP contribution in [0.4, 0.5) is 0 Å². The maximum absolute atomic E-state index is 5.41. The Morgan fingerprint density at radius 1 is 1.23 bits per heavy atom. The lowest BCUT2D eigenvalue weighted by Crippen LogP contribution is -2.31. The fraction of sp³-hybridized carbons (Fsp3) is 1.00. The SMILES string of the molecule is CCC(C1CCOCC1)C(C)(C)C. The summed E-state index contributed by atoms with van der Waals surface area (Å²) in [7, 11) is 0. The maximum Gasteiger partial charge on any atom is 0.0468 e. The zero-order chi connectivity index (χ0) is 9.90. The Hall–Kier alpha value is -0.0400. The largest absolute Gasteiger partial charge is 0.381 e. The zero-order valence-electron chi connectivity index (χ0n) is 9.60. The van der Waals surface area contributed by atoms with Crippen LogP contribution >= 0.6 is 0 Å². The smallest absolute Gasteiger partial charge is 0.0468 e. The van der Waals surface area contributed by atoms with Crippen LogP contribution in [0, 0.1) is 17.3 Å². The van der Waals surface area contributed by atoms with Gasteiger partial charge in [0.05, 0.1) is 0 Å². The van der Waals surface area contributed by atoms with Crippen LogP contribution in [-0.2, 0) is 4.74 Å². The molecule has 1 fully saturated rings. The lowest BCUT2D eigenvalue weighted by molar-refractivity contribution is 0.0192. The summed E-state index contributed by atoms with van der Waals surface area (Å²) >= 11 is 0. The molecule has 0 aromatic carbocycles. The van der Waals surface area contributed by atoms with E-state index >= 15 is 0 Å². The van der Waals surface area contributed by atoms with Crippen molar-refractivity contribution in [2.24, 2.45) is 17.3 Å². The predicted octanol–water partition coefficient (Wildman–Crippen LogP) is 3.49. The summed E-state index contributed by atoms with van der Waals surface area (Å²) in [5.41, 5.74) is 0.469. The number of ether oxygens (including phenoxy) is 1. The van der Waals surface area contributed by atoms with Gasteiger partial charge in [-0.1, -0.05) is 34.1 Å². The summed E-state index contributed by atoms with van der Waals surface area (Å²) in [5, 5.41) is 0. The fourth-order valence-electron chi connectivity index (χ4n) is 2.77. The predicted molar refractivity (Wildman–Crippen MR) is 56.8 cm³/mol. The van der Waals surface area contributed by atoms with Gasteiger partial charge < -0.3 is 4.74 Å². The second-order valence-corrected chi connectivity index (χ2v) is 5.33. The Kier molecular flexibility index (Phi) is 3.78. The highest BCUT2D eigenvalue weighted by atomic mass is 16.5. The zero-order valence-corrected chi connectivity index (χ0v) is 9.60. The average Bonchev–Trinajstić information content (AvgIpc) is 2.05. The maximum atomic E-state index is 5.41. The van der Waals surface area contributed by atoms with Crippen molar-refractivity contribution in [3.8, 4) is 0 Å². The van der Waals surface area contributed by atoms with E-state index in [2.05, 4.69) is 27.7 Å². The minimum absolute atomic E-state index is 0.469. The van der Waals surface area contributed by atoms with Gasteiger partial charge in [-0.3, -0.25) is 0 Å². The van der Waals surface area contributed by atoms with Crippen LogP contribution in [0.25, 0.3) is 0 Å². The third-order valence-electron chi connectivity index (χ3n) is 3.39. The molecule has 1 saturated heterocycles. The molecule has 1 heterocycles.